The van der Waals surface area contributed by atoms with Crippen LogP contribution in [0.15, 0.2) is 9.59 Å². The molecule has 2 N–H and O–H groups in total. The summed E-state index contributed by atoms with van der Waals surface area (Å²) in [6.45, 7) is 6.98. The molecular formula is C14H23N5O3. The van der Waals surface area contributed by atoms with Gasteiger partial charge in [-0.05, 0) is 20.8 Å². The Kier molecular flexibility index (Phi) is 4.82. The van der Waals surface area contributed by atoms with Crippen molar-refractivity contribution >= 4 is 11.2 Å². The van der Waals surface area contributed by atoms with Crippen LogP contribution in [-0.2, 0) is 24.4 Å². The Morgan fingerprint density at radius 1 is 1.27 bits per heavy atom. The molecule has 0 aliphatic carbocycles. The third-order valence-corrected chi connectivity index (χ3v) is 3.60. The van der Waals surface area contributed by atoms with Gasteiger partial charge in [-0.25, -0.2) is 9.78 Å². The van der Waals surface area contributed by atoms with Crippen LogP contribution in [0.1, 0.15) is 32.6 Å². The van der Waals surface area contributed by atoms with Gasteiger partial charge < -0.3 is 15.0 Å². The van der Waals surface area contributed by atoms with E-state index in [1.807, 2.05) is 20.8 Å². The largest absolute Gasteiger partial charge is 0.377 e. The van der Waals surface area contributed by atoms with E-state index < -0.39 is 0 Å². The van der Waals surface area contributed by atoms with Crippen molar-refractivity contribution in [2.24, 2.45) is 5.73 Å². The lowest BCUT2D eigenvalue weighted by Crippen LogP contribution is -2.42. The molecule has 0 aliphatic rings. The highest BCUT2D eigenvalue weighted by atomic mass is 16.5. The Balaban J connectivity index is 2.98. The van der Waals surface area contributed by atoms with E-state index in [1.54, 1.807) is 11.7 Å². The van der Waals surface area contributed by atoms with E-state index in [-0.39, 0.29) is 37.0 Å². The van der Waals surface area contributed by atoms with Crippen molar-refractivity contribution in [3.63, 3.8) is 0 Å². The highest BCUT2D eigenvalue weighted by molar-refractivity contribution is 5.71. The summed E-state index contributed by atoms with van der Waals surface area (Å²) < 4.78 is 9.67. The second-order valence-electron chi connectivity index (χ2n) is 5.37. The van der Waals surface area contributed by atoms with E-state index in [9.17, 15) is 9.59 Å². The Morgan fingerprint density at radius 3 is 2.45 bits per heavy atom. The second-order valence-corrected chi connectivity index (χ2v) is 5.37. The van der Waals surface area contributed by atoms with E-state index >= 15 is 0 Å². The summed E-state index contributed by atoms with van der Waals surface area (Å²) in [5.74, 6) is 0.636. The summed E-state index contributed by atoms with van der Waals surface area (Å²) >= 11 is 0. The molecule has 22 heavy (non-hydrogen) atoms. The molecule has 0 unspecified atom stereocenters. The maximum Gasteiger partial charge on any atom is 0.333 e. The molecule has 0 aliphatic heterocycles. The molecule has 2 aromatic rings. The molecule has 0 atom stereocenters. The van der Waals surface area contributed by atoms with Gasteiger partial charge in [-0.1, -0.05) is 0 Å². The van der Waals surface area contributed by atoms with Gasteiger partial charge in [-0.15, -0.1) is 0 Å². The maximum atomic E-state index is 12.7. The van der Waals surface area contributed by atoms with Gasteiger partial charge in [0, 0.05) is 32.8 Å². The zero-order chi connectivity index (χ0) is 16.4. The predicted octanol–water partition coefficient (Wildman–Crippen LogP) is 0.0656. The topological polar surface area (TPSA) is 97.1 Å². The first-order chi connectivity index (χ1) is 10.5. The number of fused-ring (bicyclic) bond motifs is 1. The van der Waals surface area contributed by atoms with E-state index in [0.717, 1.165) is 0 Å². The number of hydrogen-bond donors (Lipinski definition) is 1. The van der Waals surface area contributed by atoms with Crippen LogP contribution in [0.5, 0.6) is 0 Å². The SMILES string of the molecule is CCn1c(COC)nc2c1c(=O)n(CCN)c(=O)n2C(C)C. The van der Waals surface area contributed by atoms with Crippen molar-refractivity contribution in [3.05, 3.63) is 26.7 Å². The van der Waals surface area contributed by atoms with Crippen LogP contribution in [0.4, 0.5) is 0 Å². The van der Waals surface area contributed by atoms with Crippen molar-refractivity contribution < 1.29 is 4.74 Å². The molecule has 0 amide bonds. The van der Waals surface area contributed by atoms with Crippen LogP contribution >= 0.6 is 0 Å². The minimum atomic E-state index is -0.373. The lowest BCUT2D eigenvalue weighted by molar-refractivity contribution is 0.175. The minimum absolute atomic E-state index is 0.116. The number of methoxy groups -OCH3 is 1. The summed E-state index contributed by atoms with van der Waals surface area (Å²) in [4.78, 5) is 29.8. The first-order valence-corrected chi connectivity index (χ1v) is 7.41. The van der Waals surface area contributed by atoms with E-state index in [4.69, 9.17) is 10.5 Å². The number of aryl methyl sites for hydroxylation is 1. The fraction of sp³-hybridized carbons (Fsp3) is 0.643. The monoisotopic (exact) mass is 309 g/mol. The van der Waals surface area contributed by atoms with Gasteiger partial charge in [0.05, 0.1) is 0 Å². The number of aromatic nitrogens is 4. The normalized spacial score (nSPS) is 11.7. The Labute approximate surface area is 128 Å². The Morgan fingerprint density at radius 2 is 1.95 bits per heavy atom. The molecule has 8 heteroatoms. The molecule has 0 fully saturated rings. The average molecular weight is 309 g/mol. The number of rotatable bonds is 6. The summed E-state index contributed by atoms with van der Waals surface area (Å²) in [7, 11) is 1.57. The highest BCUT2D eigenvalue weighted by Crippen LogP contribution is 2.15. The first-order valence-electron chi connectivity index (χ1n) is 7.41. The summed E-state index contributed by atoms with van der Waals surface area (Å²) in [6.07, 6.45) is 0. The summed E-state index contributed by atoms with van der Waals surface area (Å²) in [6, 6.07) is -0.116. The molecule has 0 aromatic carbocycles. The van der Waals surface area contributed by atoms with Gasteiger partial charge in [0.2, 0.25) is 0 Å². The van der Waals surface area contributed by atoms with Crippen molar-refractivity contribution in [1.29, 1.82) is 0 Å². The fourth-order valence-corrected chi connectivity index (χ4v) is 2.67. The molecule has 0 saturated carbocycles. The number of nitrogens with zero attached hydrogens (tertiary/aromatic N) is 4. The lowest BCUT2D eigenvalue weighted by Gasteiger charge is -2.14. The van der Waals surface area contributed by atoms with E-state index in [2.05, 4.69) is 4.98 Å². The molecule has 0 radical (unpaired) electrons. The summed E-state index contributed by atoms with van der Waals surface area (Å²) in [5, 5.41) is 0. The molecule has 8 nitrogen and oxygen atoms in total. The quantitative estimate of drug-likeness (QED) is 0.814. The van der Waals surface area contributed by atoms with Gasteiger partial charge in [-0.3, -0.25) is 13.9 Å². The van der Waals surface area contributed by atoms with Crippen molar-refractivity contribution in [3.8, 4) is 0 Å². The predicted molar refractivity (Wildman–Crippen MR) is 84.1 cm³/mol. The van der Waals surface area contributed by atoms with Crippen LogP contribution < -0.4 is 17.0 Å². The lowest BCUT2D eigenvalue weighted by atomic mass is 10.3. The van der Waals surface area contributed by atoms with Crippen molar-refractivity contribution in [2.45, 2.75) is 46.5 Å². The third-order valence-electron chi connectivity index (χ3n) is 3.60. The molecule has 2 rings (SSSR count). The standard InChI is InChI=1S/C14H23N5O3/c1-5-17-10(8-22-4)16-12-11(17)13(20)18(7-6-15)14(21)19(12)9(2)3/h9H,5-8,15H2,1-4H3. The van der Waals surface area contributed by atoms with Gasteiger partial charge >= 0.3 is 5.69 Å². The molecule has 2 heterocycles. The number of hydrogen-bond acceptors (Lipinski definition) is 5. The zero-order valence-corrected chi connectivity index (χ0v) is 13.5. The van der Waals surface area contributed by atoms with Crippen molar-refractivity contribution in [1.82, 2.24) is 18.7 Å². The van der Waals surface area contributed by atoms with Crippen LogP contribution in [-0.4, -0.2) is 32.3 Å². The molecule has 0 bridgehead atoms. The maximum absolute atomic E-state index is 12.7. The third kappa shape index (κ3) is 2.48. The smallest absolute Gasteiger partial charge is 0.333 e. The number of nitrogens with two attached hydrogens (primary N) is 1. The average Bonchev–Trinajstić information content (AvgIpc) is 2.81. The minimum Gasteiger partial charge on any atom is -0.377 e. The Bertz CT molecular complexity index is 784. The van der Waals surface area contributed by atoms with Crippen LogP contribution in [0.2, 0.25) is 0 Å². The number of ether oxygens (including phenoxy) is 1. The first kappa shape index (κ1) is 16.4. The van der Waals surface area contributed by atoms with Crippen molar-refractivity contribution in [2.75, 3.05) is 13.7 Å². The molecular weight excluding hydrogens is 286 g/mol. The fourth-order valence-electron chi connectivity index (χ4n) is 2.67. The van der Waals surface area contributed by atoms with Crippen LogP contribution in [0.25, 0.3) is 11.2 Å². The van der Waals surface area contributed by atoms with Gasteiger partial charge in [0.15, 0.2) is 11.2 Å². The Hall–Kier alpha value is -1.93. The summed E-state index contributed by atoms with van der Waals surface area (Å²) in [5.41, 5.74) is 5.66. The van der Waals surface area contributed by atoms with Gasteiger partial charge in [-0.2, -0.15) is 0 Å². The van der Waals surface area contributed by atoms with E-state index in [0.29, 0.717) is 23.5 Å². The van der Waals surface area contributed by atoms with Crippen LogP contribution in [0, 0.1) is 0 Å². The number of imidazole rings is 1. The zero-order valence-electron chi connectivity index (χ0n) is 13.5. The van der Waals surface area contributed by atoms with E-state index in [1.165, 1.54) is 9.13 Å². The highest BCUT2D eigenvalue weighted by Gasteiger charge is 2.21. The van der Waals surface area contributed by atoms with Crippen LogP contribution in [0.3, 0.4) is 0 Å². The molecule has 2 aromatic heterocycles. The molecule has 0 saturated heterocycles. The van der Waals surface area contributed by atoms with Gasteiger partial charge in [0.25, 0.3) is 5.56 Å². The van der Waals surface area contributed by atoms with Gasteiger partial charge in [0.1, 0.15) is 12.4 Å². The molecule has 0 spiro atoms. The second kappa shape index (κ2) is 6.45. The molecule has 122 valence electrons.